The predicted molar refractivity (Wildman–Crippen MR) is 102 cm³/mol. The minimum Gasteiger partial charge on any atom is -0.490 e. The van der Waals surface area contributed by atoms with E-state index < -0.39 is 17.9 Å². The molecule has 0 aliphatic carbocycles. The quantitative estimate of drug-likeness (QED) is 0.499. The molecule has 7 heteroatoms. The molecule has 2 aromatic carbocycles. The molecule has 0 saturated heterocycles. The molecule has 6 nitrogen and oxygen atoms in total. The lowest BCUT2D eigenvalue weighted by Crippen LogP contribution is -2.18. The Morgan fingerprint density at radius 1 is 1.21 bits per heavy atom. The number of halogens is 1. The van der Waals surface area contributed by atoms with E-state index in [4.69, 9.17) is 14.9 Å². The lowest BCUT2D eigenvalue weighted by Gasteiger charge is -2.12. The lowest BCUT2D eigenvalue weighted by atomic mass is 10.0. The minimum atomic E-state index is -1.24. The second-order valence-corrected chi connectivity index (χ2v) is 6.28. The molecule has 0 bridgehead atoms. The maximum Gasteiger partial charge on any atom is 0.412 e. The van der Waals surface area contributed by atoms with Crippen molar-refractivity contribution in [1.29, 1.82) is 0 Å². The van der Waals surface area contributed by atoms with Crippen molar-refractivity contribution in [2.24, 2.45) is 5.73 Å². The van der Waals surface area contributed by atoms with Gasteiger partial charge in [0.1, 0.15) is 28.5 Å². The van der Waals surface area contributed by atoms with Crippen LogP contribution >= 0.6 is 0 Å². The van der Waals surface area contributed by atoms with Gasteiger partial charge in [-0.05, 0) is 50.2 Å². The fourth-order valence-electron chi connectivity index (χ4n) is 2.80. The zero-order chi connectivity index (χ0) is 20.4. The number of benzene rings is 2. The molecule has 0 spiro atoms. The van der Waals surface area contributed by atoms with Crippen LogP contribution in [0.1, 0.15) is 29.8 Å². The molecule has 0 fully saturated rings. The first-order valence-electron chi connectivity index (χ1n) is 8.47. The second-order valence-electron chi connectivity index (χ2n) is 6.28. The van der Waals surface area contributed by atoms with Crippen LogP contribution in [-0.2, 0) is 4.74 Å². The fraction of sp³-hybridized carbons (Fsp3) is 0.143. The van der Waals surface area contributed by atoms with E-state index in [1.54, 1.807) is 18.2 Å². The number of ether oxygens (including phenoxy) is 2. The van der Waals surface area contributed by atoms with Gasteiger partial charge in [-0.2, -0.15) is 0 Å². The molecule has 1 heterocycles. The third kappa shape index (κ3) is 3.73. The summed E-state index contributed by atoms with van der Waals surface area (Å²) in [6, 6.07) is 8.64. The number of carbonyl (C=O) groups is 2. The van der Waals surface area contributed by atoms with Crippen LogP contribution in [0.15, 0.2) is 47.4 Å². The number of nitrogens with two attached hydrogens (primary N) is 1. The zero-order valence-electron chi connectivity index (χ0n) is 15.3. The van der Waals surface area contributed by atoms with Crippen molar-refractivity contribution in [3.8, 4) is 17.1 Å². The second kappa shape index (κ2) is 7.56. The van der Waals surface area contributed by atoms with Crippen LogP contribution in [0.2, 0.25) is 0 Å². The van der Waals surface area contributed by atoms with Gasteiger partial charge in [0, 0.05) is 16.5 Å². The van der Waals surface area contributed by atoms with E-state index in [0.29, 0.717) is 27.8 Å². The third-order valence-corrected chi connectivity index (χ3v) is 3.91. The van der Waals surface area contributed by atoms with Crippen molar-refractivity contribution >= 4 is 29.1 Å². The smallest absolute Gasteiger partial charge is 0.412 e. The normalized spacial score (nSPS) is 10.9. The molecule has 0 saturated carbocycles. The summed E-state index contributed by atoms with van der Waals surface area (Å²) in [6.07, 6.45) is 0.227. The van der Waals surface area contributed by atoms with E-state index in [1.807, 2.05) is 13.8 Å². The Morgan fingerprint density at radius 3 is 2.46 bits per heavy atom. The summed E-state index contributed by atoms with van der Waals surface area (Å²) in [6.45, 7) is 7.48. The summed E-state index contributed by atoms with van der Waals surface area (Å²) in [5.41, 5.74) is 6.43. The molecule has 1 amide bonds. The van der Waals surface area contributed by atoms with Crippen LogP contribution in [0.4, 0.5) is 9.18 Å². The Kier molecular flexibility index (Phi) is 5.17. The van der Waals surface area contributed by atoms with Crippen molar-refractivity contribution < 1.29 is 27.9 Å². The topological polar surface area (TPSA) is 91.8 Å². The van der Waals surface area contributed by atoms with E-state index in [2.05, 4.69) is 11.3 Å². The number of primary amides is 1. The highest BCUT2D eigenvalue weighted by Crippen LogP contribution is 2.38. The van der Waals surface area contributed by atoms with Gasteiger partial charge in [0.05, 0.1) is 6.10 Å². The summed E-state index contributed by atoms with van der Waals surface area (Å²) in [7, 11) is 0. The molecule has 144 valence electrons. The number of amides is 1. The number of hydrogen-bond acceptors (Lipinski definition) is 5. The summed E-state index contributed by atoms with van der Waals surface area (Å²) >= 11 is 0. The van der Waals surface area contributed by atoms with Gasteiger partial charge in [-0.1, -0.05) is 12.7 Å². The molecular weight excluding hydrogens is 365 g/mol. The highest BCUT2D eigenvalue weighted by atomic mass is 19.1. The number of carbonyl (C=O) groups excluding carboxylic acids is 2. The zero-order valence-corrected chi connectivity index (χ0v) is 15.3. The molecule has 0 radical (unpaired) electrons. The van der Waals surface area contributed by atoms with E-state index >= 15 is 0 Å². The molecule has 0 aliphatic rings. The lowest BCUT2D eigenvalue weighted by molar-refractivity contribution is 0.0640. The molecule has 3 rings (SSSR count). The monoisotopic (exact) mass is 383 g/mol. The summed E-state index contributed by atoms with van der Waals surface area (Å²) in [5, 5.41) is 0.367. The van der Waals surface area contributed by atoms with Gasteiger partial charge < -0.3 is 19.6 Å². The Balaban J connectivity index is 2.29. The van der Waals surface area contributed by atoms with Crippen LogP contribution in [0.25, 0.3) is 28.4 Å². The van der Waals surface area contributed by atoms with Gasteiger partial charge in [-0.15, -0.1) is 0 Å². The fourth-order valence-corrected chi connectivity index (χ4v) is 2.80. The Morgan fingerprint density at radius 2 is 1.89 bits per heavy atom. The standard InChI is InChI=1S/C21H18FNO5/c1-4-12-9-17-15(10-16(12)26-11(2)3)18(20(24)28-21(23)25)19(27-17)13-5-7-14(22)8-6-13/h4-11H,1H2,2-3H3,(H2,23,25). The predicted octanol–water partition coefficient (Wildman–Crippen LogP) is 4.90. The number of esters is 1. The molecular formula is C21H18FNO5. The van der Waals surface area contributed by atoms with Crippen LogP contribution in [0.5, 0.6) is 5.75 Å². The van der Waals surface area contributed by atoms with Crippen LogP contribution in [0, 0.1) is 5.82 Å². The number of hydrogen-bond donors (Lipinski definition) is 1. The first kappa shape index (κ1) is 19.2. The van der Waals surface area contributed by atoms with Crippen molar-refractivity contribution in [1.82, 2.24) is 0 Å². The first-order valence-corrected chi connectivity index (χ1v) is 8.47. The van der Waals surface area contributed by atoms with Gasteiger partial charge in [-0.25, -0.2) is 14.0 Å². The molecule has 1 aromatic heterocycles. The van der Waals surface area contributed by atoms with Crippen molar-refractivity contribution in [3.63, 3.8) is 0 Å². The molecule has 0 aliphatic heterocycles. The minimum absolute atomic E-state index is 0.00961. The van der Waals surface area contributed by atoms with Crippen LogP contribution < -0.4 is 10.5 Å². The highest BCUT2D eigenvalue weighted by Gasteiger charge is 2.26. The van der Waals surface area contributed by atoms with Gasteiger partial charge in [0.15, 0.2) is 0 Å². The number of furan rings is 1. The van der Waals surface area contributed by atoms with E-state index in [9.17, 15) is 14.0 Å². The SMILES string of the molecule is C=Cc1cc2oc(-c3ccc(F)cc3)c(C(=O)OC(N)=O)c2cc1OC(C)C. The van der Waals surface area contributed by atoms with Crippen molar-refractivity contribution in [3.05, 3.63) is 59.9 Å². The molecule has 3 aromatic rings. The van der Waals surface area contributed by atoms with Crippen LogP contribution in [0.3, 0.4) is 0 Å². The molecule has 2 N–H and O–H groups in total. The van der Waals surface area contributed by atoms with Gasteiger partial charge >= 0.3 is 12.1 Å². The molecule has 0 unspecified atom stereocenters. The average Bonchev–Trinajstić information content (AvgIpc) is 2.98. The summed E-state index contributed by atoms with van der Waals surface area (Å²) in [4.78, 5) is 23.7. The maximum atomic E-state index is 13.3. The first-order chi connectivity index (χ1) is 13.3. The Hall–Kier alpha value is -3.61. The number of rotatable bonds is 5. The third-order valence-electron chi connectivity index (χ3n) is 3.91. The maximum absolute atomic E-state index is 13.3. The summed E-state index contributed by atoms with van der Waals surface area (Å²) in [5.74, 6) is -0.815. The Bertz CT molecular complexity index is 1070. The Labute approximate surface area is 160 Å². The van der Waals surface area contributed by atoms with Crippen molar-refractivity contribution in [2.45, 2.75) is 20.0 Å². The van der Waals surface area contributed by atoms with E-state index in [-0.39, 0.29) is 17.4 Å². The van der Waals surface area contributed by atoms with Gasteiger partial charge in [-0.3, -0.25) is 0 Å². The van der Waals surface area contributed by atoms with Crippen LogP contribution in [-0.4, -0.2) is 18.2 Å². The van der Waals surface area contributed by atoms with E-state index in [0.717, 1.165) is 0 Å². The average molecular weight is 383 g/mol. The van der Waals surface area contributed by atoms with E-state index in [1.165, 1.54) is 24.3 Å². The van der Waals surface area contributed by atoms with Gasteiger partial charge in [0.25, 0.3) is 0 Å². The molecule has 0 atom stereocenters. The summed E-state index contributed by atoms with van der Waals surface area (Å²) < 4.78 is 29.5. The van der Waals surface area contributed by atoms with Crippen molar-refractivity contribution in [2.75, 3.05) is 0 Å². The van der Waals surface area contributed by atoms with Gasteiger partial charge in [0.2, 0.25) is 0 Å². The largest absolute Gasteiger partial charge is 0.490 e. The number of fused-ring (bicyclic) bond motifs is 1. The highest BCUT2D eigenvalue weighted by molar-refractivity contribution is 6.11. The molecule has 28 heavy (non-hydrogen) atoms.